The smallest absolute Gasteiger partial charge is 0.240 e. The number of likely N-dealkylation sites (tertiary alicyclic amines) is 1. The fourth-order valence-corrected chi connectivity index (χ4v) is 4.33. The summed E-state index contributed by atoms with van der Waals surface area (Å²) in [6, 6.07) is 4.49. The maximum atomic E-state index is 12.2. The normalized spacial score (nSPS) is 16.9. The van der Waals surface area contributed by atoms with Crippen LogP contribution < -0.4 is 10.5 Å². The van der Waals surface area contributed by atoms with E-state index < -0.39 is 10.0 Å². The number of aromatic nitrogens is 1. The maximum Gasteiger partial charge on any atom is 0.240 e. The molecule has 0 radical (unpaired) electrons. The van der Waals surface area contributed by atoms with E-state index in [9.17, 15) is 13.2 Å². The fourth-order valence-electron chi connectivity index (χ4n) is 2.79. The molecule has 9 heteroatoms. The van der Waals surface area contributed by atoms with Crippen LogP contribution in [0.15, 0.2) is 23.1 Å². The maximum absolute atomic E-state index is 12.2. The first-order chi connectivity index (χ1) is 11.4. The molecule has 0 unspecified atom stereocenters. The molecule has 0 bridgehead atoms. The van der Waals surface area contributed by atoms with Gasteiger partial charge in [-0.05, 0) is 44.1 Å². The number of thiazole rings is 1. The lowest BCUT2D eigenvalue weighted by atomic mass is 10.2. The Morgan fingerprint density at radius 2 is 1.96 bits per heavy atom. The first-order valence-corrected chi connectivity index (χ1v) is 10.2. The molecule has 2 aromatic rings. The highest BCUT2D eigenvalue weighted by Crippen LogP contribution is 2.27. The predicted molar refractivity (Wildman–Crippen MR) is 94.5 cm³/mol. The number of sulfonamides is 1. The van der Waals surface area contributed by atoms with Gasteiger partial charge >= 0.3 is 0 Å². The zero-order chi connectivity index (χ0) is 17.2. The van der Waals surface area contributed by atoms with E-state index in [4.69, 9.17) is 5.14 Å². The SMILES string of the molecule is NS(=O)(=O)c1ccc2nc(NC(=O)CN3CCCCCC3)sc2c1. The zero-order valence-electron chi connectivity index (χ0n) is 13.2. The number of hydrogen-bond acceptors (Lipinski definition) is 6. The lowest BCUT2D eigenvalue weighted by Gasteiger charge is -2.18. The molecule has 0 atom stereocenters. The summed E-state index contributed by atoms with van der Waals surface area (Å²) >= 11 is 1.24. The van der Waals surface area contributed by atoms with Gasteiger partial charge in [0, 0.05) is 0 Å². The van der Waals surface area contributed by atoms with Crippen molar-refractivity contribution >= 4 is 42.6 Å². The summed E-state index contributed by atoms with van der Waals surface area (Å²) in [6.45, 7) is 2.26. The monoisotopic (exact) mass is 368 g/mol. The molecule has 3 rings (SSSR count). The number of nitrogens with zero attached hydrogens (tertiary/aromatic N) is 2. The summed E-state index contributed by atoms with van der Waals surface area (Å²) < 4.78 is 23.5. The third kappa shape index (κ3) is 4.29. The standard InChI is InChI=1S/C15H20N4O3S2/c16-24(21,22)11-5-6-12-13(9-11)23-15(17-12)18-14(20)10-19-7-3-1-2-4-8-19/h5-6,9H,1-4,7-8,10H2,(H2,16,21,22)(H,17,18,20). The predicted octanol–water partition coefficient (Wildman–Crippen LogP) is 1.76. The van der Waals surface area contributed by atoms with Gasteiger partial charge in [-0.2, -0.15) is 0 Å². The van der Waals surface area contributed by atoms with Gasteiger partial charge in [-0.1, -0.05) is 24.2 Å². The molecule has 1 aromatic carbocycles. The lowest BCUT2D eigenvalue weighted by Crippen LogP contribution is -2.33. The number of carbonyl (C=O) groups excluding carboxylic acids is 1. The van der Waals surface area contributed by atoms with Gasteiger partial charge in [0.05, 0.1) is 21.7 Å². The van der Waals surface area contributed by atoms with Crippen molar-refractivity contribution in [3.8, 4) is 0 Å². The molecule has 1 amide bonds. The third-order valence-corrected chi connectivity index (χ3v) is 5.85. The molecule has 0 aliphatic carbocycles. The summed E-state index contributed by atoms with van der Waals surface area (Å²) in [5.74, 6) is -0.0948. The van der Waals surface area contributed by atoms with E-state index in [0.29, 0.717) is 21.9 Å². The molecule has 1 aliphatic heterocycles. The largest absolute Gasteiger partial charge is 0.301 e. The van der Waals surface area contributed by atoms with Crippen molar-refractivity contribution in [2.45, 2.75) is 30.6 Å². The average Bonchev–Trinajstić information content (AvgIpc) is 2.72. The van der Waals surface area contributed by atoms with Crippen molar-refractivity contribution in [3.63, 3.8) is 0 Å². The minimum atomic E-state index is -3.75. The van der Waals surface area contributed by atoms with E-state index in [2.05, 4.69) is 15.2 Å². The first-order valence-electron chi connectivity index (χ1n) is 7.87. The molecule has 1 aromatic heterocycles. The molecule has 0 spiro atoms. The van der Waals surface area contributed by atoms with Crippen LogP contribution in [0.4, 0.5) is 5.13 Å². The molecular formula is C15H20N4O3S2. The Morgan fingerprint density at radius 1 is 1.25 bits per heavy atom. The molecule has 2 heterocycles. The van der Waals surface area contributed by atoms with Crippen LogP contribution in [0.5, 0.6) is 0 Å². The Morgan fingerprint density at radius 3 is 2.62 bits per heavy atom. The Kier molecular flexibility index (Phi) is 5.14. The summed E-state index contributed by atoms with van der Waals surface area (Å²) in [4.78, 5) is 18.7. The number of carbonyl (C=O) groups is 1. The van der Waals surface area contributed by atoms with Gasteiger partial charge in [-0.15, -0.1) is 0 Å². The molecule has 1 saturated heterocycles. The second-order valence-electron chi connectivity index (χ2n) is 5.93. The van der Waals surface area contributed by atoms with Crippen LogP contribution in [0.1, 0.15) is 25.7 Å². The number of fused-ring (bicyclic) bond motifs is 1. The van der Waals surface area contributed by atoms with Crippen LogP contribution in [-0.4, -0.2) is 43.8 Å². The van der Waals surface area contributed by atoms with Crippen LogP contribution in [0.3, 0.4) is 0 Å². The van der Waals surface area contributed by atoms with Crippen molar-refractivity contribution in [1.29, 1.82) is 0 Å². The average molecular weight is 368 g/mol. The highest BCUT2D eigenvalue weighted by Gasteiger charge is 2.15. The zero-order valence-corrected chi connectivity index (χ0v) is 14.8. The van der Waals surface area contributed by atoms with E-state index in [1.807, 2.05) is 0 Å². The number of anilines is 1. The van der Waals surface area contributed by atoms with Gasteiger partial charge in [-0.25, -0.2) is 18.5 Å². The molecular weight excluding hydrogens is 348 g/mol. The van der Waals surface area contributed by atoms with E-state index in [1.165, 1.54) is 36.3 Å². The van der Waals surface area contributed by atoms with Crippen LogP contribution in [0, 0.1) is 0 Å². The van der Waals surface area contributed by atoms with Gasteiger partial charge < -0.3 is 5.32 Å². The number of primary sulfonamides is 1. The molecule has 1 fully saturated rings. The molecule has 24 heavy (non-hydrogen) atoms. The van der Waals surface area contributed by atoms with E-state index in [0.717, 1.165) is 25.9 Å². The van der Waals surface area contributed by atoms with Gasteiger partial charge in [-0.3, -0.25) is 9.69 Å². The van der Waals surface area contributed by atoms with Crippen LogP contribution in [-0.2, 0) is 14.8 Å². The topological polar surface area (TPSA) is 105 Å². The highest BCUT2D eigenvalue weighted by atomic mass is 32.2. The molecule has 3 N–H and O–H groups in total. The Balaban J connectivity index is 1.69. The fraction of sp³-hybridized carbons (Fsp3) is 0.467. The Bertz CT molecular complexity index is 840. The Labute approximate surface area is 144 Å². The van der Waals surface area contributed by atoms with Crippen molar-refractivity contribution < 1.29 is 13.2 Å². The van der Waals surface area contributed by atoms with Crippen molar-refractivity contribution in [1.82, 2.24) is 9.88 Å². The first kappa shape index (κ1) is 17.3. The number of amides is 1. The number of rotatable bonds is 4. The van der Waals surface area contributed by atoms with Gasteiger partial charge in [0.2, 0.25) is 15.9 Å². The lowest BCUT2D eigenvalue weighted by molar-refractivity contribution is -0.117. The van der Waals surface area contributed by atoms with Crippen molar-refractivity contribution in [3.05, 3.63) is 18.2 Å². The highest BCUT2D eigenvalue weighted by molar-refractivity contribution is 7.89. The van der Waals surface area contributed by atoms with Crippen LogP contribution in [0.2, 0.25) is 0 Å². The summed E-state index contributed by atoms with van der Waals surface area (Å²) in [5, 5.41) is 8.41. The number of nitrogens with two attached hydrogens (primary N) is 1. The quantitative estimate of drug-likeness (QED) is 0.855. The summed E-state index contributed by atoms with van der Waals surface area (Å²) in [6.07, 6.45) is 4.71. The summed E-state index contributed by atoms with van der Waals surface area (Å²) in [5.41, 5.74) is 0.637. The number of benzene rings is 1. The van der Waals surface area contributed by atoms with Crippen LogP contribution >= 0.6 is 11.3 Å². The Hall–Kier alpha value is -1.55. The molecule has 7 nitrogen and oxygen atoms in total. The minimum Gasteiger partial charge on any atom is -0.301 e. The minimum absolute atomic E-state index is 0.0427. The molecule has 0 saturated carbocycles. The summed E-state index contributed by atoms with van der Waals surface area (Å²) in [7, 11) is -3.75. The number of hydrogen-bond donors (Lipinski definition) is 2. The van der Waals surface area contributed by atoms with Gasteiger partial charge in [0.25, 0.3) is 0 Å². The van der Waals surface area contributed by atoms with Gasteiger partial charge in [0.15, 0.2) is 5.13 Å². The third-order valence-electron chi connectivity index (χ3n) is 4.00. The van der Waals surface area contributed by atoms with Crippen molar-refractivity contribution in [2.24, 2.45) is 5.14 Å². The molecule has 130 valence electrons. The second kappa shape index (κ2) is 7.14. The molecule has 1 aliphatic rings. The van der Waals surface area contributed by atoms with E-state index in [-0.39, 0.29) is 10.8 Å². The van der Waals surface area contributed by atoms with Crippen LogP contribution in [0.25, 0.3) is 10.2 Å². The van der Waals surface area contributed by atoms with E-state index in [1.54, 1.807) is 6.07 Å². The van der Waals surface area contributed by atoms with E-state index >= 15 is 0 Å². The second-order valence-corrected chi connectivity index (χ2v) is 8.52. The van der Waals surface area contributed by atoms with Crippen molar-refractivity contribution in [2.75, 3.05) is 25.0 Å². The van der Waals surface area contributed by atoms with Gasteiger partial charge in [0.1, 0.15) is 0 Å². The number of nitrogens with one attached hydrogen (secondary N) is 1.